The summed E-state index contributed by atoms with van der Waals surface area (Å²) in [6.07, 6.45) is 2.43. The van der Waals surface area contributed by atoms with E-state index in [1.54, 1.807) is 0 Å². The van der Waals surface area contributed by atoms with Gasteiger partial charge in [0.2, 0.25) is 0 Å². The van der Waals surface area contributed by atoms with Gasteiger partial charge in [-0.05, 0) is 18.4 Å². The van der Waals surface area contributed by atoms with Crippen molar-refractivity contribution < 1.29 is 4.52 Å². The van der Waals surface area contributed by atoms with Crippen molar-refractivity contribution in [3.63, 3.8) is 0 Å². The molecule has 0 atom stereocenters. The van der Waals surface area contributed by atoms with Crippen molar-refractivity contribution in [1.29, 1.82) is 0 Å². The first kappa shape index (κ1) is 12.2. The maximum atomic E-state index is 5.43. The molecule has 0 radical (unpaired) electrons. The van der Waals surface area contributed by atoms with Crippen molar-refractivity contribution >= 4 is 6.01 Å². The fourth-order valence-electron chi connectivity index (χ4n) is 2.10. The molecule has 1 saturated carbocycles. The first-order chi connectivity index (χ1) is 9.24. The molecule has 1 aromatic carbocycles. The van der Waals surface area contributed by atoms with Gasteiger partial charge < -0.3 is 9.42 Å². The van der Waals surface area contributed by atoms with Gasteiger partial charge in [0, 0.05) is 18.5 Å². The van der Waals surface area contributed by atoms with Gasteiger partial charge in [0.25, 0.3) is 0 Å². The second kappa shape index (κ2) is 5.03. The maximum absolute atomic E-state index is 5.43. The molecule has 1 heterocycles. The zero-order valence-corrected chi connectivity index (χ0v) is 11.4. The summed E-state index contributed by atoms with van der Waals surface area (Å²) in [6.45, 7) is 4.99. The van der Waals surface area contributed by atoms with Gasteiger partial charge in [-0.1, -0.05) is 49.3 Å². The van der Waals surface area contributed by atoms with Crippen molar-refractivity contribution in [1.82, 2.24) is 10.1 Å². The van der Waals surface area contributed by atoms with E-state index in [0.717, 1.165) is 12.4 Å². The number of hydrogen-bond donors (Lipinski definition) is 0. The number of anilines is 1. The van der Waals surface area contributed by atoms with E-state index in [-0.39, 0.29) is 0 Å². The highest BCUT2D eigenvalue weighted by Crippen LogP contribution is 2.32. The molecule has 4 heteroatoms. The van der Waals surface area contributed by atoms with Crippen LogP contribution >= 0.6 is 0 Å². The second-order valence-electron chi connectivity index (χ2n) is 5.43. The van der Waals surface area contributed by atoms with E-state index in [1.165, 1.54) is 18.4 Å². The Bertz CT molecular complexity index is 531. The fourth-order valence-corrected chi connectivity index (χ4v) is 2.10. The predicted octanol–water partition coefficient (Wildman–Crippen LogP) is 3.36. The average Bonchev–Trinajstić information content (AvgIpc) is 3.13. The third-order valence-corrected chi connectivity index (χ3v) is 3.38. The molecule has 0 amide bonds. The van der Waals surface area contributed by atoms with Gasteiger partial charge in [0.1, 0.15) is 0 Å². The Morgan fingerprint density at radius 2 is 2.00 bits per heavy atom. The van der Waals surface area contributed by atoms with Gasteiger partial charge in [0.05, 0.1) is 0 Å². The summed E-state index contributed by atoms with van der Waals surface area (Å²) in [5, 5.41) is 4.06. The van der Waals surface area contributed by atoms with E-state index in [9.17, 15) is 0 Å². The zero-order valence-electron chi connectivity index (χ0n) is 11.4. The van der Waals surface area contributed by atoms with E-state index >= 15 is 0 Å². The summed E-state index contributed by atoms with van der Waals surface area (Å²) in [4.78, 5) is 6.75. The number of nitrogens with zero attached hydrogens (tertiary/aromatic N) is 3. The SMILES string of the molecule is CC(C)c1noc(N(Cc2ccccc2)C2CC2)n1. The second-order valence-corrected chi connectivity index (χ2v) is 5.43. The first-order valence-corrected chi connectivity index (χ1v) is 6.88. The molecule has 1 aliphatic rings. The van der Waals surface area contributed by atoms with E-state index < -0.39 is 0 Å². The number of hydrogen-bond acceptors (Lipinski definition) is 4. The summed E-state index contributed by atoms with van der Waals surface area (Å²) in [7, 11) is 0. The van der Waals surface area contributed by atoms with Crippen molar-refractivity contribution in [2.24, 2.45) is 0 Å². The van der Waals surface area contributed by atoms with Crippen LogP contribution in [0, 0.1) is 0 Å². The quantitative estimate of drug-likeness (QED) is 0.823. The van der Waals surface area contributed by atoms with Crippen LogP contribution in [-0.4, -0.2) is 16.2 Å². The van der Waals surface area contributed by atoms with Crippen molar-refractivity contribution in [2.75, 3.05) is 4.90 Å². The monoisotopic (exact) mass is 257 g/mol. The van der Waals surface area contributed by atoms with Crippen LogP contribution in [0.25, 0.3) is 0 Å². The Kier molecular flexibility index (Phi) is 3.23. The Morgan fingerprint density at radius 1 is 1.26 bits per heavy atom. The van der Waals surface area contributed by atoms with E-state index in [4.69, 9.17) is 4.52 Å². The van der Waals surface area contributed by atoms with Crippen LogP contribution in [0.15, 0.2) is 34.9 Å². The summed E-state index contributed by atoms with van der Waals surface area (Å²) in [5.41, 5.74) is 1.28. The Labute approximate surface area is 113 Å². The average molecular weight is 257 g/mol. The van der Waals surface area contributed by atoms with Gasteiger partial charge >= 0.3 is 6.01 Å². The number of aromatic nitrogens is 2. The summed E-state index contributed by atoms with van der Waals surface area (Å²) in [6, 6.07) is 11.6. The highest BCUT2D eigenvalue weighted by atomic mass is 16.5. The summed E-state index contributed by atoms with van der Waals surface area (Å²) < 4.78 is 5.43. The lowest BCUT2D eigenvalue weighted by Crippen LogP contribution is -2.25. The van der Waals surface area contributed by atoms with Crippen molar-refractivity contribution in [3.05, 3.63) is 41.7 Å². The molecule has 0 unspecified atom stereocenters. The van der Waals surface area contributed by atoms with Gasteiger partial charge in [-0.3, -0.25) is 0 Å². The normalized spacial score (nSPS) is 14.9. The smallest absolute Gasteiger partial charge is 0.317 e. The minimum atomic E-state index is 0.301. The molecule has 2 aromatic rings. The van der Waals surface area contributed by atoms with Crippen LogP contribution in [0.1, 0.15) is 44.0 Å². The minimum Gasteiger partial charge on any atom is -0.317 e. The largest absolute Gasteiger partial charge is 0.324 e. The molecular formula is C15H19N3O. The van der Waals surface area contributed by atoms with Gasteiger partial charge in [0.15, 0.2) is 5.82 Å². The molecule has 1 fully saturated rings. The Morgan fingerprint density at radius 3 is 2.58 bits per heavy atom. The third-order valence-electron chi connectivity index (χ3n) is 3.38. The van der Waals surface area contributed by atoms with E-state index in [1.807, 2.05) is 6.07 Å². The van der Waals surface area contributed by atoms with Crippen molar-refractivity contribution in [2.45, 2.75) is 45.2 Å². The van der Waals surface area contributed by atoms with Gasteiger partial charge in [-0.15, -0.1) is 0 Å². The fraction of sp³-hybridized carbons (Fsp3) is 0.467. The topological polar surface area (TPSA) is 42.2 Å². The van der Waals surface area contributed by atoms with Crippen LogP contribution < -0.4 is 4.90 Å². The molecule has 0 saturated heterocycles. The maximum Gasteiger partial charge on any atom is 0.324 e. The summed E-state index contributed by atoms with van der Waals surface area (Å²) in [5.74, 6) is 1.09. The molecule has 100 valence electrons. The van der Waals surface area contributed by atoms with Crippen LogP contribution in [0.2, 0.25) is 0 Å². The predicted molar refractivity (Wildman–Crippen MR) is 74.0 cm³/mol. The number of benzene rings is 1. The Hall–Kier alpha value is -1.84. The van der Waals surface area contributed by atoms with Crippen LogP contribution in [0.4, 0.5) is 6.01 Å². The number of rotatable bonds is 5. The lowest BCUT2D eigenvalue weighted by Gasteiger charge is -2.19. The first-order valence-electron chi connectivity index (χ1n) is 6.88. The third kappa shape index (κ3) is 2.78. The molecule has 0 N–H and O–H groups in total. The highest BCUT2D eigenvalue weighted by molar-refractivity contribution is 5.33. The van der Waals surface area contributed by atoms with Crippen LogP contribution in [-0.2, 0) is 6.54 Å². The van der Waals surface area contributed by atoms with Crippen LogP contribution in [0.3, 0.4) is 0 Å². The molecule has 0 aliphatic heterocycles. The molecule has 0 bridgehead atoms. The molecule has 3 rings (SSSR count). The highest BCUT2D eigenvalue weighted by Gasteiger charge is 2.32. The van der Waals surface area contributed by atoms with Crippen LogP contribution in [0.5, 0.6) is 0 Å². The summed E-state index contributed by atoms with van der Waals surface area (Å²) >= 11 is 0. The van der Waals surface area contributed by atoms with Gasteiger partial charge in [-0.2, -0.15) is 4.98 Å². The van der Waals surface area contributed by atoms with Gasteiger partial charge in [-0.25, -0.2) is 0 Å². The van der Waals surface area contributed by atoms with Crippen molar-refractivity contribution in [3.8, 4) is 0 Å². The molecule has 1 aliphatic carbocycles. The lowest BCUT2D eigenvalue weighted by molar-refractivity contribution is 0.401. The lowest BCUT2D eigenvalue weighted by atomic mass is 10.2. The van der Waals surface area contributed by atoms with E-state index in [0.29, 0.717) is 18.0 Å². The molecular weight excluding hydrogens is 238 g/mol. The minimum absolute atomic E-state index is 0.301. The molecule has 0 spiro atoms. The standard InChI is InChI=1S/C15H19N3O/c1-11(2)14-16-15(19-17-14)18(13-8-9-13)10-12-6-4-3-5-7-12/h3-7,11,13H,8-10H2,1-2H3. The molecule has 1 aromatic heterocycles. The molecule has 19 heavy (non-hydrogen) atoms. The van der Waals surface area contributed by atoms with E-state index in [2.05, 4.69) is 53.2 Å². The zero-order chi connectivity index (χ0) is 13.2. The Balaban J connectivity index is 1.80. The molecule has 4 nitrogen and oxygen atoms in total.